The van der Waals surface area contributed by atoms with Gasteiger partial charge in [-0.15, -0.1) is 0 Å². The summed E-state index contributed by atoms with van der Waals surface area (Å²) in [5, 5.41) is 8.94. The number of morpholine rings is 2. The van der Waals surface area contributed by atoms with E-state index in [0.29, 0.717) is 26.2 Å². The first-order valence-electron chi connectivity index (χ1n) is 6.95. The Morgan fingerprint density at radius 2 is 1.85 bits per heavy atom. The number of rotatable bonds is 3. The minimum Gasteiger partial charge on any atom is -0.479 e. The van der Waals surface area contributed by atoms with Crippen LogP contribution in [0.15, 0.2) is 0 Å². The first kappa shape index (κ1) is 15.2. The first-order valence-corrected chi connectivity index (χ1v) is 6.95. The van der Waals surface area contributed by atoms with Crippen LogP contribution in [0.2, 0.25) is 0 Å². The number of nitrogens with zero attached hydrogens (tertiary/aromatic N) is 2. The van der Waals surface area contributed by atoms with Gasteiger partial charge in [0.05, 0.1) is 25.4 Å². The summed E-state index contributed by atoms with van der Waals surface area (Å²) >= 11 is 0. The lowest BCUT2D eigenvalue weighted by molar-refractivity contribution is -0.158. The van der Waals surface area contributed by atoms with Crippen LogP contribution in [0.3, 0.4) is 0 Å². The highest BCUT2D eigenvalue weighted by atomic mass is 16.5. The van der Waals surface area contributed by atoms with Crippen LogP contribution in [0, 0.1) is 0 Å². The molecule has 0 radical (unpaired) electrons. The molecule has 0 aromatic rings. The summed E-state index contributed by atoms with van der Waals surface area (Å²) in [5.74, 6) is -0.950. The molecule has 0 aromatic heterocycles. The number of carbonyl (C=O) groups is 2. The lowest BCUT2D eigenvalue weighted by Gasteiger charge is -2.37. The molecule has 2 aliphatic rings. The molecule has 0 saturated carbocycles. The van der Waals surface area contributed by atoms with Crippen LogP contribution in [0.4, 0.5) is 0 Å². The van der Waals surface area contributed by atoms with E-state index in [-0.39, 0.29) is 31.2 Å². The zero-order chi connectivity index (χ0) is 14.7. The molecule has 0 aliphatic carbocycles. The van der Waals surface area contributed by atoms with E-state index in [1.807, 2.05) is 18.7 Å². The van der Waals surface area contributed by atoms with Crippen LogP contribution in [0.25, 0.3) is 0 Å². The van der Waals surface area contributed by atoms with Crippen molar-refractivity contribution in [2.24, 2.45) is 0 Å². The van der Waals surface area contributed by atoms with Gasteiger partial charge in [0.25, 0.3) is 0 Å². The minimum atomic E-state index is -0.976. The van der Waals surface area contributed by atoms with Crippen molar-refractivity contribution in [1.82, 2.24) is 9.80 Å². The van der Waals surface area contributed by atoms with Gasteiger partial charge in [0.15, 0.2) is 6.10 Å². The average molecular weight is 286 g/mol. The Bertz CT molecular complexity index is 366. The molecular formula is C13H22N2O5. The minimum absolute atomic E-state index is 0.0260. The highest BCUT2D eigenvalue weighted by Crippen LogP contribution is 2.12. The van der Waals surface area contributed by atoms with Gasteiger partial charge in [0.1, 0.15) is 0 Å². The molecule has 20 heavy (non-hydrogen) atoms. The number of hydrogen-bond acceptors (Lipinski definition) is 5. The molecule has 0 aromatic carbocycles. The second-order valence-electron chi connectivity index (χ2n) is 5.49. The fourth-order valence-corrected chi connectivity index (χ4v) is 2.67. The largest absolute Gasteiger partial charge is 0.479 e. The third-order valence-electron chi connectivity index (χ3n) is 3.56. The standard InChI is InChI=1S/C13H22N2O5/c1-9-5-15(6-10(2)20-9)12(16)8-14-3-4-19-11(7-14)13(17)18/h9-11H,3-8H2,1-2H3,(H,17,18). The van der Waals surface area contributed by atoms with Gasteiger partial charge in [-0.1, -0.05) is 0 Å². The van der Waals surface area contributed by atoms with Gasteiger partial charge >= 0.3 is 5.97 Å². The van der Waals surface area contributed by atoms with Gasteiger partial charge in [0.2, 0.25) is 5.91 Å². The van der Waals surface area contributed by atoms with E-state index in [4.69, 9.17) is 14.6 Å². The number of ether oxygens (including phenoxy) is 2. The molecule has 7 heteroatoms. The normalized spacial score (nSPS) is 32.1. The van der Waals surface area contributed by atoms with Crippen LogP contribution in [-0.2, 0) is 19.1 Å². The first-order chi connectivity index (χ1) is 9.45. The Morgan fingerprint density at radius 1 is 1.20 bits per heavy atom. The highest BCUT2D eigenvalue weighted by molar-refractivity contribution is 5.78. The van der Waals surface area contributed by atoms with E-state index in [0.717, 1.165) is 0 Å². The van der Waals surface area contributed by atoms with Gasteiger partial charge in [-0.05, 0) is 13.8 Å². The number of amides is 1. The second kappa shape index (κ2) is 6.51. The van der Waals surface area contributed by atoms with Gasteiger partial charge in [-0.2, -0.15) is 0 Å². The Balaban J connectivity index is 1.86. The Hall–Kier alpha value is -1.18. The van der Waals surface area contributed by atoms with Crippen molar-refractivity contribution >= 4 is 11.9 Å². The fraction of sp³-hybridized carbons (Fsp3) is 0.846. The number of carboxylic acids is 1. The molecular weight excluding hydrogens is 264 g/mol. The summed E-state index contributed by atoms with van der Waals surface area (Å²) in [5.41, 5.74) is 0. The van der Waals surface area contributed by atoms with E-state index in [1.54, 1.807) is 4.90 Å². The molecule has 1 N–H and O–H groups in total. The van der Waals surface area contributed by atoms with Gasteiger partial charge < -0.3 is 19.5 Å². The van der Waals surface area contributed by atoms with Gasteiger partial charge in [-0.3, -0.25) is 9.69 Å². The molecule has 2 rings (SSSR count). The third-order valence-corrected chi connectivity index (χ3v) is 3.56. The Labute approximate surface area is 118 Å². The third kappa shape index (κ3) is 3.91. The maximum absolute atomic E-state index is 12.3. The number of carbonyl (C=O) groups excluding carboxylic acids is 1. The van der Waals surface area contributed by atoms with E-state index in [1.165, 1.54) is 0 Å². The summed E-state index contributed by atoms with van der Waals surface area (Å²) in [6.45, 7) is 6.52. The van der Waals surface area contributed by atoms with Crippen LogP contribution in [-0.4, -0.2) is 84.4 Å². The maximum atomic E-state index is 12.3. The van der Waals surface area contributed by atoms with E-state index in [2.05, 4.69) is 0 Å². The second-order valence-corrected chi connectivity index (χ2v) is 5.49. The number of carboxylic acid groups (broad SMARTS) is 1. The number of hydrogen-bond donors (Lipinski definition) is 1. The molecule has 2 fully saturated rings. The Kier molecular flexibility index (Phi) is 4.95. The lowest BCUT2D eigenvalue weighted by Crippen LogP contribution is -2.53. The van der Waals surface area contributed by atoms with E-state index >= 15 is 0 Å². The molecule has 3 atom stereocenters. The fourth-order valence-electron chi connectivity index (χ4n) is 2.67. The van der Waals surface area contributed by atoms with Crippen molar-refractivity contribution < 1.29 is 24.2 Å². The summed E-state index contributed by atoms with van der Waals surface area (Å²) in [6.07, 6.45) is -0.752. The molecule has 114 valence electrons. The summed E-state index contributed by atoms with van der Waals surface area (Å²) in [4.78, 5) is 26.8. The molecule has 3 unspecified atom stereocenters. The predicted molar refractivity (Wildman–Crippen MR) is 70.4 cm³/mol. The zero-order valence-corrected chi connectivity index (χ0v) is 11.9. The zero-order valence-electron chi connectivity index (χ0n) is 11.9. The van der Waals surface area contributed by atoms with Crippen molar-refractivity contribution in [3.63, 3.8) is 0 Å². The van der Waals surface area contributed by atoms with Crippen LogP contribution < -0.4 is 0 Å². The topological polar surface area (TPSA) is 79.3 Å². The molecule has 7 nitrogen and oxygen atoms in total. The van der Waals surface area contributed by atoms with Crippen molar-refractivity contribution in [3.8, 4) is 0 Å². The smallest absolute Gasteiger partial charge is 0.334 e. The summed E-state index contributed by atoms with van der Waals surface area (Å²) in [6, 6.07) is 0. The van der Waals surface area contributed by atoms with Crippen molar-refractivity contribution in [1.29, 1.82) is 0 Å². The Morgan fingerprint density at radius 3 is 2.45 bits per heavy atom. The molecule has 1 amide bonds. The quantitative estimate of drug-likeness (QED) is 0.747. The van der Waals surface area contributed by atoms with Crippen LogP contribution in [0.1, 0.15) is 13.8 Å². The average Bonchev–Trinajstić information content (AvgIpc) is 2.37. The molecule has 2 saturated heterocycles. The van der Waals surface area contributed by atoms with Crippen molar-refractivity contribution in [2.45, 2.75) is 32.2 Å². The lowest BCUT2D eigenvalue weighted by atomic mass is 10.2. The predicted octanol–water partition coefficient (Wildman–Crippen LogP) is -0.592. The van der Waals surface area contributed by atoms with Gasteiger partial charge in [0, 0.05) is 26.2 Å². The van der Waals surface area contributed by atoms with E-state index < -0.39 is 12.1 Å². The summed E-state index contributed by atoms with van der Waals surface area (Å²) in [7, 11) is 0. The summed E-state index contributed by atoms with van der Waals surface area (Å²) < 4.78 is 10.7. The molecule has 2 heterocycles. The van der Waals surface area contributed by atoms with Crippen LogP contribution in [0.5, 0.6) is 0 Å². The monoisotopic (exact) mass is 286 g/mol. The SMILES string of the molecule is CC1CN(C(=O)CN2CCOC(C(=O)O)C2)CC(C)O1. The van der Waals surface area contributed by atoms with Crippen LogP contribution >= 0.6 is 0 Å². The maximum Gasteiger partial charge on any atom is 0.334 e. The van der Waals surface area contributed by atoms with E-state index in [9.17, 15) is 9.59 Å². The molecule has 0 spiro atoms. The van der Waals surface area contributed by atoms with Crippen molar-refractivity contribution in [2.75, 3.05) is 39.3 Å². The molecule has 2 aliphatic heterocycles. The molecule has 0 bridgehead atoms. The van der Waals surface area contributed by atoms with Crippen molar-refractivity contribution in [3.05, 3.63) is 0 Å². The highest BCUT2D eigenvalue weighted by Gasteiger charge is 2.30. The van der Waals surface area contributed by atoms with Gasteiger partial charge in [-0.25, -0.2) is 4.79 Å². The number of aliphatic carboxylic acids is 1.